The summed E-state index contributed by atoms with van der Waals surface area (Å²) in [5.41, 5.74) is 0. The van der Waals surface area contributed by atoms with Gasteiger partial charge in [0, 0.05) is 6.42 Å². The number of phosphoric acid groups is 1. The average Bonchev–Trinajstić information content (AvgIpc) is 3.27. The van der Waals surface area contributed by atoms with E-state index >= 15 is 0 Å². The first kappa shape index (κ1) is 63.4. The van der Waals surface area contributed by atoms with Crippen molar-refractivity contribution in [3.8, 4) is 0 Å². The minimum atomic E-state index is -4.55. The van der Waals surface area contributed by atoms with Crippen molar-refractivity contribution in [2.75, 3.05) is 40.9 Å². The average molecular weight is 941 g/mol. The van der Waals surface area contributed by atoms with Crippen LogP contribution >= 0.6 is 7.82 Å². The molecule has 2 N–H and O–H groups in total. The highest BCUT2D eigenvalue weighted by Gasteiger charge is 2.24. The number of unbranched alkanes of at least 4 members (excludes halogenated alkanes) is 18. The highest BCUT2D eigenvalue weighted by Crippen LogP contribution is 2.38. The van der Waals surface area contributed by atoms with Gasteiger partial charge in [-0.1, -0.05) is 220 Å². The Hall–Kier alpha value is -2.58. The van der Waals surface area contributed by atoms with Gasteiger partial charge in [-0.05, 0) is 77.0 Å². The zero-order valence-corrected chi connectivity index (χ0v) is 44.0. The number of aliphatic hydroxyl groups excluding tert-OH is 1. The molecule has 0 aromatic heterocycles. The van der Waals surface area contributed by atoms with E-state index < -0.39 is 20.0 Å². The lowest BCUT2D eigenvalue weighted by Gasteiger charge is -2.30. The van der Waals surface area contributed by atoms with Crippen molar-refractivity contribution in [3.63, 3.8) is 0 Å². The van der Waals surface area contributed by atoms with Gasteiger partial charge in [-0.2, -0.15) is 0 Å². The molecule has 0 saturated carbocycles. The molecule has 0 heterocycles. The largest absolute Gasteiger partial charge is 0.756 e. The van der Waals surface area contributed by atoms with Crippen molar-refractivity contribution in [2.24, 2.45) is 0 Å². The maximum atomic E-state index is 12.8. The Bertz CT molecular complexity index is 1390. The van der Waals surface area contributed by atoms with E-state index in [0.717, 1.165) is 103 Å². The third-order valence-corrected chi connectivity index (χ3v) is 12.3. The Morgan fingerprint density at radius 3 is 1.35 bits per heavy atom. The first-order chi connectivity index (χ1) is 32.0. The third-order valence-electron chi connectivity index (χ3n) is 11.3. The number of rotatable bonds is 47. The highest BCUT2D eigenvalue weighted by molar-refractivity contribution is 7.45. The molecule has 0 aliphatic rings. The Balaban J connectivity index is 3.84. The van der Waals surface area contributed by atoms with Gasteiger partial charge >= 0.3 is 0 Å². The van der Waals surface area contributed by atoms with E-state index in [1.54, 1.807) is 0 Å². The molecule has 8 nitrogen and oxygen atoms in total. The number of hydrogen-bond donors (Lipinski definition) is 2. The van der Waals surface area contributed by atoms with Crippen LogP contribution in [0, 0.1) is 0 Å². The molecule has 0 rings (SSSR count). The predicted molar refractivity (Wildman–Crippen MR) is 283 cm³/mol. The van der Waals surface area contributed by atoms with Crippen LogP contribution in [0.15, 0.2) is 97.2 Å². The lowest BCUT2D eigenvalue weighted by Crippen LogP contribution is -2.46. The van der Waals surface area contributed by atoms with Gasteiger partial charge in [0.1, 0.15) is 13.2 Å². The summed E-state index contributed by atoms with van der Waals surface area (Å²) in [6.45, 7) is 4.50. The third kappa shape index (κ3) is 49.3. The maximum absolute atomic E-state index is 12.8. The predicted octanol–water partition coefficient (Wildman–Crippen LogP) is 15.2. The summed E-state index contributed by atoms with van der Waals surface area (Å²) in [5, 5.41) is 13.7. The molecule has 0 aliphatic heterocycles. The summed E-state index contributed by atoms with van der Waals surface area (Å²) >= 11 is 0. The Morgan fingerprint density at radius 2 is 0.924 bits per heavy atom. The molecule has 3 atom stereocenters. The van der Waals surface area contributed by atoms with Crippen molar-refractivity contribution in [3.05, 3.63) is 97.2 Å². The van der Waals surface area contributed by atoms with Crippen molar-refractivity contribution >= 4 is 13.7 Å². The number of likely N-dealkylation sites (N-methyl/N-ethyl adjacent to an activating group) is 1. The van der Waals surface area contributed by atoms with E-state index in [1.165, 1.54) is 77.0 Å². The molecule has 3 unspecified atom stereocenters. The molecule has 1 amide bonds. The normalized spacial score (nSPS) is 14.8. The number of carbonyl (C=O) groups excluding carboxylic acids is 1. The minimum Gasteiger partial charge on any atom is -0.756 e. The van der Waals surface area contributed by atoms with Gasteiger partial charge < -0.3 is 28.8 Å². The lowest BCUT2D eigenvalue weighted by atomic mass is 10.0. The molecular formula is C57H101N2O6P. The van der Waals surface area contributed by atoms with Gasteiger partial charge in [0.05, 0.1) is 39.9 Å². The van der Waals surface area contributed by atoms with Crippen LogP contribution in [-0.4, -0.2) is 68.5 Å². The van der Waals surface area contributed by atoms with Crippen LogP contribution in [-0.2, 0) is 18.4 Å². The van der Waals surface area contributed by atoms with Crippen LogP contribution in [0.2, 0.25) is 0 Å². The fourth-order valence-corrected chi connectivity index (χ4v) is 7.90. The van der Waals surface area contributed by atoms with Gasteiger partial charge in [0.2, 0.25) is 5.91 Å². The van der Waals surface area contributed by atoms with E-state index in [2.05, 4.69) is 116 Å². The van der Waals surface area contributed by atoms with Crippen LogP contribution in [0.1, 0.15) is 206 Å². The standard InChI is InChI=1S/C57H101N2O6P/c1-6-8-10-12-13-14-15-16-17-18-19-20-21-22-23-24-25-26-27-28-29-30-31-32-33-34-35-36-37-38-39-40-41-42-43-44-45-47-49-51-57(61)58-55(56(60)50-48-46-11-9-7-2)54-65-66(62,63)64-53-52-59(3,4)5/h8,10,13-14,16-17,19-20,22-23,25-26,28-29,31-32,55-56,60H,6-7,9,11-12,15,18,21,24,27,30,33-54H2,1-5H3,(H-,58,61,62,63)/b10-8-,14-13-,17-16-,20-19-,23-22-,26-25-,29-28-,32-31-. The molecule has 0 fully saturated rings. The van der Waals surface area contributed by atoms with E-state index in [0.29, 0.717) is 23.9 Å². The number of nitrogens with zero attached hydrogens (tertiary/aromatic N) is 1. The number of aliphatic hydroxyl groups is 1. The number of carbonyl (C=O) groups is 1. The fraction of sp³-hybridized carbons (Fsp3) is 0.702. The van der Waals surface area contributed by atoms with Crippen LogP contribution in [0.3, 0.4) is 0 Å². The molecule has 0 bridgehead atoms. The number of hydrogen-bond acceptors (Lipinski definition) is 6. The molecule has 0 aromatic rings. The van der Waals surface area contributed by atoms with Gasteiger partial charge in [-0.3, -0.25) is 9.36 Å². The summed E-state index contributed by atoms with van der Waals surface area (Å²) in [4.78, 5) is 25.2. The second kappa shape index (κ2) is 47.5. The van der Waals surface area contributed by atoms with E-state index in [-0.39, 0.29) is 19.1 Å². The van der Waals surface area contributed by atoms with Crippen molar-refractivity contribution in [1.29, 1.82) is 0 Å². The summed E-state index contributed by atoms with van der Waals surface area (Å²) < 4.78 is 23.1. The SMILES string of the molecule is CC/C=C\C/C=C\C/C=C\C/C=C\C/C=C\C/C=C\C/C=C\C/C=C\CCCCCCCCCCCCCCCCC(=O)NC(COP(=O)([O-])OCC[N+](C)(C)C)C(O)CCCCCCC. The van der Waals surface area contributed by atoms with E-state index in [1.807, 2.05) is 21.1 Å². The van der Waals surface area contributed by atoms with Crippen LogP contribution in [0.5, 0.6) is 0 Å². The van der Waals surface area contributed by atoms with Gasteiger partial charge in [0.15, 0.2) is 0 Å². The molecule has 0 saturated heterocycles. The maximum Gasteiger partial charge on any atom is 0.268 e. The van der Waals surface area contributed by atoms with Crippen LogP contribution < -0.4 is 10.2 Å². The zero-order chi connectivity index (χ0) is 48.5. The number of quaternary nitrogens is 1. The molecule has 0 spiro atoms. The second-order valence-corrected chi connectivity index (χ2v) is 20.3. The summed E-state index contributed by atoms with van der Waals surface area (Å²) in [7, 11) is 1.29. The molecule has 0 aromatic carbocycles. The van der Waals surface area contributed by atoms with Crippen molar-refractivity contribution < 1.29 is 32.9 Å². The fourth-order valence-electron chi connectivity index (χ4n) is 7.17. The summed E-state index contributed by atoms with van der Waals surface area (Å²) in [6, 6.07) is -0.801. The first-order valence-corrected chi connectivity index (χ1v) is 28.0. The smallest absolute Gasteiger partial charge is 0.268 e. The molecule has 9 heteroatoms. The summed E-state index contributed by atoms with van der Waals surface area (Å²) in [5.74, 6) is -0.176. The van der Waals surface area contributed by atoms with Gasteiger partial charge in [-0.15, -0.1) is 0 Å². The highest BCUT2D eigenvalue weighted by atomic mass is 31.2. The van der Waals surface area contributed by atoms with Gasteiger partial charge in [0.25, 0.3) is 7.82 Å². The minimum absolute atomic E-state index is 0.00802. The quantitative estimate of drug-likeness (QED) is 0.0272. The van der Waals surface area contributed by atoms with E-state index in [4.69, 9.17) is 9.05 Å². The number of amides is 1. The molecule has 0 radical (unpaired) electrons. The first-order valence-electron chi connectivity index (χ1n) is 26.6. The number of phosphoric ester groups is 1. The van der Waals surface area contributed by atoms with E-state index in [9.17, 15) is 19.4 Å². The molecule has 0 aliphatic carbocycles. The molecular weight excluding hydrogens is 840 g/mol. The topological polar surface area (TPSA) is 108 Å². The van der Waals surface area contributed by atoms with Crippen LogP contribution in [0.25, 0.3) is 0 Å². The monoisotopic (exact) mass is 941 g/mol. The molecule has 380 valence electrons. The Kier molecular flexibility index (Phi) is 45.6. The lowest BCUT2D eigenvalue weighted by molar-refractivity contribution is -0.870. The second-order valence-electron chi connectivity index (χ2n) is 18.9. The summed E-state index contributed by atoms with van der Waals surface area (Å²) in [6.07, 6.45) is 67.8. The van der Waals surface area contributed by atoms with Gasteiger partial charge in [-0.25, -0.2) is 0 Å². The van der Waals surface area contributed by atoms with Crippen molar-refractivity contribution in [2.45, 2.75) is 219 Å². The zero-order valence-electron chi connectivity index (χ0n) is 43.1. The number of allylic oxidation sites excluding steroid dienone is 16. The Morgan fingerprint density at radius 1 is 0.545 bits per heavy atom. The van der Waals surface area contributed by atoms with Crippen molar-refractivity contribution in [1.82, 2.24) is 5.32 Å². The number of nitrogens with one attached hydrogen (secondary N) is 1. The Labute approximate surface area is 407 Å². The van der Waals surface area contributed by atoms with Crippen LogP contribution in [0.4, 0.5) is 0 Å². The molecule has 66 heavy (non-hydrogen) atoms.